The van der Waals surface area contributed by atoms with Gasteiger partial charge in [-0.2, -0.15) is 0 Å². The number of hydrogen-bond acceptors (Lipinski definition) is 12. The van der Waals surface area contributed by atoms with Crippen molar-refractivity contribution < 1.29 is 57.2 Å². The maximum atomic E-state index is 14.0. The summed E-state index contributed by atoms with van der Waals surface area (Å²) in [5.74, 6) is -1.85. The van der Waals surface area contributed by atoms with Gasteiger partial charge < -0.3 is 48.9 Å². The Bertz CT molecular complexity index is 2250. The number of anilines is 2. The fraction of sp³-hybridized carbons (Fsp3) is 0.556. The van der Waals surface area contributed by atoms with Gasteiger partial charge >= 0.3 is 5.97 Å². The number of nitrogens with one attached hydrogen (secondary N) is 2. The van der Waals surface area contributed by atoms with E-state index >= 15 is 0 Å². The molecule has 0 bridgehead atoms. The average molecular weight is 1010 g/mol. The molecular formula is C54H73ClN4O12. The molecule has 0 spiro atoms. The van der Waals surface area contributed by atoms with E-state index in [1.165, 1.54) is 16.0 Å². The number of carbonyl (C=O) groups excluding carboxylic acids is 6. The second-order valence-electron chi connectivity index (χ2n) is 18.5. The lowest BCUT2D eigenvalue weighted by Gasteiger charge is -2.36. The zero-order valence-corrected chi connectivity index (χ0v) is 42.9. The zero-order chi connectivity index (χ0) is 51.2. The van der Waals surface area contributed by atoms with Crippen molar-refractivity contribution in [1.29, 1.82) is 0 Å². The Hall–Kier alpha value is -5.39. The van der Waals surface area contributed by atoms with Crippen molar-refractivity contribution in [3.63, 3.8) is 0 Å². The number of aryl methyl sites for hydroxylation is 4. The molecule has 0 saturated carbocycles. The highest BCUT2D eigenvalue weighted by Gasteiger charge is 2.41. The van der Waals surface area contributed by atoms with Crippen LogP contribution in [-0.2, 0) is 65.3 Å². The number of halogens is 1. The van der Waals surface area contributed by atoms with E-state index in [1.54, 1.807) is 43.0 Å². The Labute approximate surface area is 423 Å². The lowest BCUT2D eigenvalue weighted by atomic mass is 9.84. The minimum absolute atomic E-state index is 0.0719. The van der Waals surface area contributed by atoms with E-state index < -0.39 is 35.2 Å². The Kier molecular flexibility index (Phi) is 23.3. The Balaban J connectivity index is 0.946. The molecule has 2 heterocycles. The zero-order valence-electron chi connectivity index (χ0n) is 42.2. The summed E-state index contributed by atoms with van der Waals surface area (Å²) in [7, 11) is 0. The number of ether oxygens (including phenoxy) is 6. The predicted octanol–water partition coefficient (Wildman–Crippen LogP) is 7.02. The number of rotatable bonds is 29. The summed E-state index contributed by atoms with van der Waals surface area (Å²) in [6, 6.07) is 18.1. The lowest BCUT2D eigenvalue weighted by molar-refractivity contribution is -0.164. The van der Waals surface area contributed by atoms with Crippen molar-refractivity contribution in [2.24, 2.45) is 5.41 Å². The number of ketones is 1. The second-order valence-corrected chi connectivity index (χ2v) is 18.8. The molecule has 0 unspecified atom stereocenters. The fourth-order valence-electron chi connectivity index (χ4n) is 8.19. The number of nitrogens with zero attached hydrogens (tertiary/aromatic N) is 2. The minimum Gasteiger partial charge on any atom is -0.484 e. The number of amides is 4. The summed E-state index contributed by atoms with van der Waals surface area (Å²) in [6.07, 6.45) is 4.53. The number of alkyl halides is 1. The first-order valence-electron chi connectivity index (χ1n) is 24.9. The maximum absolute atomic E-state index is 14.0. The molecule has 0 radical (unpaired) electrons. The van der Waals surface area contributed by atoms with Crippen molar-refractivity contribution in [3.05, 3.63) is 88.5 Å². The largest absolute Gasteiger partial charge is 0.484 e. The van der Waals surface area contributed by atoms with Gasteiger partial charge in [-0.3, -0.25) is 24.0 Å². The molecule has 4 amide bonds. The molecule has 71 heavy (non-hydrogen) atoms. The summed E-state index contributed by atoms with van der Waals surface area (Å²) in [5.41, 5.74) is 5.68. The van der Waals surface area contributed by atoms with Crippen LogP contribution in [0.3, 0.4) is 0 Å². The number of benzene rings is 3. The van der Waals surface area contributed by atoms with Crippen LogP contribution in [-0.4, -0.2) is 131 Å². The molecule has 1 saturated heterocycles. The number of carbonyl (C=O) groups is 6. The first kappa shape index (κ1) is 56.5. The van der Waals surface area contributed by atoms with E-state index in [4.69, 9.17) is 40.0 Å². The number of esters is 1. The molecule has 5 rings (SSSR count). The van der Waals surface area contributed by atoms with Crippen LogP contribution in [0.4, 0.5) is 11.4 Å². The number of Topliss-reactive ketones (excluding diaryl/α,β-unsaturated/α-hetero) is 1. The number of likely N-dealkylation sites (tertiary alicyclic amines) is 1. The van der Waals surface area contributed by atoms with Gasteiger partial charge in [0.05, 0.1) is 59.3 Å². The molecule has 3 aromatic rings. The molecule has 16 nitrogen and oxygen atoms in total. The molecule has 0 aliphatic carbocycles. The lowest BCUT2D eigenvalue weighted by Crippen LogP contribution is -2.53. The summed E-state index contributed by atoms with van der Waals surface area (Å²) < 4.78 is 34.2. The van der Waals surface area contributed by atoms with Crippen molar-refractivity contribution in [1.82, 2.24) is 10.2 Å². The smallest absolute Gasteiger partial charge is 0.329 e. The Morgan fingerprint density at radius 2 is 1.51 bits per heavy atom. The third-order valence-corrected chi connectivity index (χ3v) is 13.1. The number of hydrogen-bond donors (Lipinski definition) is 2. The molecule has 2 aliphatic rings. The summed E-state index contributed by atoms with van der Waals surface area (Å²) >= 11 is 5.75. The molecule has 2 aliphatic heterocycles. The van der Waals surface area contributed by atoms with Gasteiger partial charge in [-0.25, -0.2) is 4.79 Å². The standard InChI is InChI=1S/C54H73ClN4O12/c1-6-54(4,5)51(63)52(64)59-23-8-7-14-46(59)53(65)71-47(20-17-40-16-15-38(2)39(3)33-40)42-11-9-13-43(34-42)57-48(60)21-25-66-27-29-68-31-32-69-30-28-67-26-22-56-49(61)37-70-44-18-19-45-41(35-44)12-10-24-58(45)50(62)36-55/h9,11,13,15-16,18-19,33-35,46-47H,6-8,10,12,14,17,20-32,36-37H2,1-5H3,(H,56,61)(H,57,60)/t46-,47+/m0/s1. The van der Waals surface area contributed by atoms with Gasteiger partial charge in [0.25, 0.3) is 11.8 Å². The number of fused-ring (bicyclic) bond motifs is 1. The molecule has 3 aromatic carbocycles. The van der Waals surface area contributed by atoms with Crippen molar-refractivity contribution >= 4 is 58.4 Å². The molecule has 17 heteroatoms. The quantitative estimate of drug-likeness (QED) is 0.0314. The van der Waals surface area contributed by atoms with Crippen LogP contribution in [0.1, 0.15) is 99.6 Å². The maximum Gasteiger partial charge on any atom is 0.329 e. The highest BCUT2D eigenvalue weighted by atomic mass is 35.5. The SMILES string of the molecule is CCC(C)(C)C(=O)C(=O)N1CCCC[C@H]1C(=O)O[C@H](CCc1ccc(C)c(C)c1)c1cccc(NC(=O)CCOCCOCCOCCOCCNC(=O)COc2ccc3c(c2)CCCN3C(=O)CCl)c1. The topological polar surface area (TPSA) is 188 Å². The molecule has 2 atom stereocenters. The van der Waals surface area contributed by atoms with E-state index in [0.29, 0.717) is 115 Å². The fourth-order valence-corrected chi connectivity index (χ4v) is 8.34. The molecule has 0 aromatic heterocycles. The third kappa shape index (κ3) is 18.0. The van der Waals surface area contributed by atoms with Crippen LogP contribution in [0.25, 0.3) is 0 Å². The second kappa shape index (κ2) is 29.2. The van der Waals surface area contributed by atoms with E-state index in [1.807, 2.05) is 25.1 Å². The van der Waals surface area contributed by atoms with E-state index in [9.17, 15) is 28.8 Å². The highest BCUT2D eigenvalue weighted by Crippen LogP contribution is 2.32. The monoisotopic (exact) mass is 1000 g/mol. The summed E-state index contributed by atoms with van der Waals surface area (Å²) in [5, 5.41) is 5.69. The molecule has 388 valence electrons. The van der Waals surface area contributed by atoms with Crippen molar-refractivity contribution in [3.8, 4) is 5.75 Å². The highest BCUT2D eigenvalue weighted by molar-refractivity contribution is 6.38. The first-order chi connectivity index (χ1) is 34.2. The van der Waals surface area contributed by atoms with Crippen molar-refractivity contribution in [2.75, 3.05) is 95.2 Å². The Morgan fingerprint density at radius 3 is 2.21 bits per heavy atom. The predicted molar refractivity (Wildman–Crippen MR) is 271 cm³/mol. The summed E-state index contributed by atoms with van der Waals surface area (Å²) in [6.45, 7) is 13.2. The molecule has 1 fully saturated rings. The molecular weight excluding hydrogens is 932 g/mol. The molecule has 2 N–H and O–H groups in total. The van der Waals surface area contributed by atoms with Gasteiger partial charge in [-0.1, -0.05) is 51.1 Å². The van der Waals surface area contributed by atoms with Gasteiger partial charge in [-0.15, -0.1) is 11.6 Å². The van der Waals surface area contributed by atoms with Gasteiger partial charge in [0.1, 0.15) is 23.8 Å². The van der Waals surface area contributed by atoms with E-state index in [0.717, 1.165) is 36.1 Å². The van der Waals surface area contributed by atoms with Crippen LogP contribution in [0.5, 0.6) is 5.75 Å². The third-order valence-electron chi connectivity index (χ3n) is 12.9. The minimum atomic E-state index is -0.864. The van der Waals surface area contributed by atoms with Gasteiger partial charge in [0.15, 0.2) is 6.61 Å². The average Bonchev–Trinajstić information content (AvgIpc) is 3.37. The van der Waals surface area contributed by atoms with E-state index in [2.05, 4.69) is 42.7 Å². The van der Waals surface area contributed by atoms with Gasteiger partial charge in [0.2, 0.25) is 17.6 Å². The number of piperidine rings is 1. The van der Waals surface area contributed by atoms with Gasteiger partial charge in [0, 0.05) is 36.4 Å². The van der Waals surface area contributed by atoms with E-state index in [-0.39, 0.29) is 43.2 Å². The van der Waals surface area contributed by atoms with Gasteiger partial charge in [-0.05, 0) is 123 Å². The van der Waals surface area contributed by atoms with Crippen LogP contribution in [0.15, 0.2) is 60.7 Å². The van der Waals surface area contributed by atoms with Crippen LogP contribution >= 0.6 is 11.6 Å². The van der Waals surface area contributed by atoms with Crippen LogP contribution in [0.2, 0.25) is 0 Å². The Morgan fingerprint density at radius 1 is 0.789 bits per heavy atom. The normalized spacial score (nSPS) is 15.1. The van der Waals surface area contributed by atoms with Crippen LogP contribution < -0.4 is 20.3 Å². The van der Waals surface area contributed by atoms with Crippen LogP contribution in [0, 0.1) is 19.3 Å². The first-order valence-corrected chi connectivity index (χ1v) is 25.5. The summed E-state index contributed by atoms with van der Waals surface area (Å²) in [4.78, 5) is 81.1. The van der Waals surface area contributed by atoms with Crippen molar-refractivity contribution in [2.45, 2.75) is 105 Å².